The number of carbonyl (C=O) groups excluding carboxylic acids is 1. The number of halogens is 1. The fraction of sp³-hybridized carbons (Fsp3) is 0.385. The van der Waals surface area contributed by atoms with Crippen LogP contribution in [0.1, 0.15) is 26.6 Å². The summed E-state index contributed by atoms with van der Waals surface area (Å²) in [6.45, 7) is 7.33. The molecule has 1 N–H and O–H groups in total. The molecule has 1 saturated heterocycles. The summed E-state index contributed by atoms with van der Waals surface area (Å²) in [5, 5.41) is 1.08. The molecule has 1 fully saturated rings. The van der Waals surface area contributed by atoms with E-state index >= 15 is 0 Å². The zero-order chi connectivity index (χ0) is 26.2. The summed E-state index contributed by atoms with van der Waals surface area (Å²) < 4.78 is 27.9. The molecule has 8 nitrogen and oxygen atoms in total. The van der Waals surface area contributed by atoms with Crippen molar-refractivity contribution in [2.45, 2.75) is 37.6 Å². The lowest BCUT2D eigenvalue weighted by Crippen LogP contribution is -2.55. The zero-order valence-corrected chi connectivity index (χ0v) is 23.2. The van der Waals surface area contributed by atoms with E-state index in [0.29, 0.717) is 31.3 Å². The van der Waals surface area contributed by atoms with Gasteiger partial charge in [-0.05, 0) is 74.7 Å². The molecule has 0 bridgehead atoms. The minimum atomic E-state index is -3.70. The topological polar surface area (TPSA) is 85.9 Å². The van der Waals surface area contributed by atoms with Gasteiger partial charge in [0.25, 0.3) is 10.0 Å². The minimum Gasteiger partial charge on any atom is -0.368 e. The number of amides is 1. The first kappa shape index (κ1) is 25.8. The van der Waals surface area contributed by atoms with Crippen molar-refractivity contribution >= 4 is 55.4 Å². The molecule has 3 aromatic rings. The predicted molar refractivity (Wildman–Crippen MR) is 154 cm³/mol. The molecule has 11 heteroatoms. The van der Waals surface area contributed by atoms with Crippen LogP contribution in [0.4, 0.5) is 16.5 Å². The Morgan fingerprint density at radius 2 is 1.84 bits per heavy atom. The van der Waals surface area contributed by atoms with Crippen LogP contribution in [0, 0.1) is 6.92 Å². The second-order valence-electron chi connectivity index (χ2n) is 9.43. The molecule has 2 aromatic carbocycles. The highest BCUT2D eigenvalue weighted by atomic mass is 35.5. The number of benzene rings is 2. The lowest BCUT2D eigenvalue weighted by molar-refractivity contribution is -0.132. The van der Waals surface area contributed by atoms with Gasteiger partial charge in [0.15, 0.2) is 5.13 Å². The summed E-state index contributed by atoms with van der Waals surface area (Å²) in [7, 11) is -3.70. The highest BCUT2D eigenvalue weighted by molar-refractivity contribution is 7.93. The van der Waals surface area contributed by atoms with E-state index in [4.69, 9.17) is 11.6 Å². The number of nitrogens with one attached hydrogen (secondary N) is 1. The number of hydrogen-bond acceptors (Lipinski definition) is 7. The molecule has 1 amide bonds. The van der Waals surface area contributed by atoms with Gasteiger partial charge in [0.1, 0.15) is 6.04 Å². The largest absolute Gasteiger partial charge is 0.368 e. The van der Waals surface area contributed by atoms with Crippen molar-refractivity contribution in [3.05, 3.63) is 64.1 Å². The predicted octanol–water partition coefficient (Wildman–Crippen LogP) is 4.89. The molecule has 2 aliphatic heterocycles. The van der Waals surface area contributed by atoms with Crippen LogP contribution < -0.4 is 14.5 Å². The Morgan fingerprint density at radius 3 is 2.51 bits per heavy atom. The molecule has 200 valence electrons. The molecule has 2 aliphatic rings. The quantitative estimate of drug-likeness (QED) is 0.460. The smallest absolute Gasteiger partial charge is 0.263 e. The maximum absolute atomic E-state index is 13.4. The van der Waals surface area contributed by atoms with Crippen molar-refractivity contribution < 1.29 is 16.1 Å². The molecule has 5 rings (SSSR count). The fourth-order valence-electron chi connectivity index (χ4n) is 4.99. The Kier molecular flexibility index (Phi) is 7.33. The molecule has 1 atom stereocenters. The maximum Gasteiger partial charge on any atom is 0.263 e. The van der Waals surface area contributed by atoms with E-state index in [1.807, 2.05) is 49.1 Å². The van der Waals surface area contributed by atoms with Crippen LogP contribution in [0.2, 0.25) is 5.02 Å². The third-order valence-electron chi connectivity index (χ3n) is 6.97. The Hall–Kier alpha value is -2.82. The summed E-state index contributed by atoms with van der Waals surface area (Å²) in [4.78, 5) is 24.9. The highest BCUT2D eigenvalue weighted by Crippen LogP contribution is 2.31. The third kappa shape index (κ3) is 5.56. The van der Waals surface area contributed by atoms with Crippen LogP contribution >= 0.6 is 22.9 Å². The summed E-state index contributed by atoms with van der Waals surface area (Å²) >= 11 is 7.48. The molecule has 0 saturated carbocycles. The SMILES string of the molecule is Cc1cnc(NS(=O)(=O)c2ccc(N3CCN(C(=O)[C@@H](C)N4CCCc5cc(Cl)ccc54)CC3)cc2)s1.[HH].[HH]. The van der Waals surface area contributed by atoms with Gasteiger partial charge in [0.2, 0.25) is 5.91 Å². The number of thiazole rings is 1. The first-order valence-electron chi connectivity index (χ1n) is 12.4. The van der Waals surface area contributed by atoms with Gasteiger partial charge in [-0.15, -0.1) is 11.3 Å². The first-order valence-corrected chi connectivity index (χ1v) is 15.0. The van der Waals surface area contributed by atoms with Crippen molar-refractivity contribution in [3.8, 4) is 0 Å². The number of aromatic nitrogens is 1. The van der Waals surface area contributed by atoms with Gasteiger partial charge in [-0.25, -0.2) is 13.4 Å². The van der Waals surface area contributed by atoms with Crippen LogP contribution in [0.25, 0.3) is 0 Å². The molecule has 0 aliphatic carbocycles. The monoisotopic (exact) mass is 563 g/mol. The molecule has 0 spiro atoms. The normalized spacial score (nSPS) is 16.9. The van der Waals surface area contributed by atoms with E-state index in [1.54, 1.807) is 18.3 Å². The molecular weight excluding hydrogens is 530 g/mol. The van der Waals surface area contributed by atoms with Crippen molar-refractivity contribution in [3.63, 3.8) is 0 Å². The summed E-state index contributed by atoms with van der Waals surface area (Å²) in [6, 6.07) is 12.5. The standard InChI is InChI=1S/C26H30ClN5O3S2.2H2/c1-18-17-28-26(36-18)29-37(34,35)23-8-6-22(7-9-23)30-12-14-31(15-13-30)25(33)19(2)32-11-3-4-20-16-21(27)5-10-24(20)32;;/h5-10,16-17,19H,3-4,11-15H2,1-2H3,(H,28,29);2*1H/t19-;;/m1../s1. The van der Waals surface area contributed by atoms with Gasteiger partial charge in [0.05, 0.1) is 4.90 Å². The Balaban J connectivity index is 0.00000210. The van der Waals surface area contributed by atoms with Crippen molar-refractivity contribution in [1.82, 2.24) is 9.88 Å². The first-order chi connectivity index (χ1) is 17.7. The van der Waals surface area contributed by atoms with E-state index in [0.717, 1.165) is 40.7 Å². The average molecular weight is 564 g/mol. The van der Waals surface area contributed by atoms with Crippen molar-refractivity contribution in [2.24, 2.45) is 0 Å². The molecule has 0 radical (unpaired) electrons. The molecule has 0 unspecified atom stereocenters. The Bertz CT molecular complexity index is 1400. The van der Waals surface area contributed by atoms with Gasteiger partial charge in [0, 0.05) is 63.0 Å². The second-order valence-corrected chi connectivity index (χ2v) is 12.8. The summed E-state index contributed by atoms with van der Waals surface area (Å²) in [6.07, 6.45) is 3.62. The van der Waals surface area contributed by atoms with Crippen LogP contribution in [0.3, 0.4) is 0 Å². The fourth-order valence-corrected chi connectivity index (χ4v) is 7.09. The van der Waals surface area contributed by atoms with E-state index in [1.165, 1.54) is 16.9 Å². The summed E-state index contributed by atoms with van der Waals surface area (Å²) in [5.41, 5.74) is 3.24. The number of piperazine rings is 1. The van der Waals surface area contributed by atoms with Crippen LogP contribution in [-0.2, 0) is 21.2 Å². The lowest BCUT2D eigenvalue weighted by atomic mass is 10.00. The number of fused-ring (bicyclic) bond motifs is 1. The van der Waals surface area contributed by atoms with E-state index in [9.17, 15) is 13.2 Å². The Morgan fingerprint density at radius 1 is 1.11 bits per heavy atom. The van der Waals surface area contributed by atoms with Gasteiger partial charge in [-0.3, -0.25) is 9.52 Å². The number of nitrogens with zero attached hydrogens (tertiary/aromatic N) is 4. The number of anilines is 3. The van der Waals surface area contributed by atoms with Crippen LogP contribution in [-0.4, -0.2) is 63.0 Å². The van der Waals surface area contributed by atoms with Gasteiger partial charge in [-0.2, -0.15) is 0 Å². The Labute approximate surface area is 229 Å². The number of carbonyl (C=O) groups is 1. The molecule has 37 heavy (non-hydrogen) atoms. The average Bonchev–Trinajstić information content (AvgIpc) is 3.31. The number of aryl methyl sites for hydroxylation is 2. The summed E-state index contributed by atoms with van der Waals surface area (Å²) in [5.74, 6) is 0.132. The zero-order valence-electron chi connectivity index (χ0n) is 20.9. The van der Waals surface area contributed by atoms with Crippen LogP contribution in [0.5, 0.6) is 0 Å². The second kappa shape index (κ2) is 10.5. The third-order valence-corrected chi connectivity index (χ3v) is 9.51. The van der Waals surface area contributed by atoms with Crippen molar-refractivity contribution in [1.29, 1.82) is 0 Å². The molecular formula is C26H34ClN5O3S2. The van der Waals surface area contributed by atoms with Gasteiger partial charge < -0.3 is 14.7 Å². The van der Waals surface area contributed by atoms with E-state index < -0.39 is 10.0 Å². The minimum absolute atomic E-state index is 0. The van der Waals surface area contributed by atoms with E-state index in [2.05, 4.69) is 19.5 Å². The number of hydrogen-bond donors (Lipinski definition) is 1. The molecule has 3 heterocycles. The highest BCUT2D eigenvalue weighted by Gasteiger charge is 2.31. The molecule has 1 aromatic heterocycles. The van der Waals surface area contributed by atoms with Gasteiger partial charge in [-0.1, -0.05) is 11.6 Å². The lowest BCUT2D eigenvalue weighted by Gasteiger charge is -2.41. The van der Waals surface area contributed by atoms with Gasteiger partial charge >= 0.3 is 0 Å². The number of sulfonamides is 1. The van der Waals surface area contributed by atoms with Crippen molar-refractivity contribution in [2.75, 3.05) is 47.2 Å². The van der Waals surface area contributed by atoms with Crippen LogP contribution in [0.15, 0.2) is 53.6 Å². The van der Waals surface area contributed by atoms with E-state index in [-0.39, 0.29) is 19.7 Å². The number of rotatable bonds is 6. The maximum atomic E-state index is 13.4.